The molecule has 2 N–H and O–H groups in total. The zero-order valence-electron chi connectivity index (χ0n) is 12.6. The molecule has 2 heterocycles. The van der Waals surface area contributed by atoms with E-state index in [2.05, 4.69) is 34.5 Å². The molecule has 1 saturated heterocycles. The normalized spacial score (nSPS) is 21.9. The van der Waals surface area contributed by atoms with Crippen molar-refractivity contribution >= 4 is 11.8 Å². The fourth-order valence-corrected chi connectivity index (χ4v) is 3.57. The second-order valence-corrected chi connectivity index (χ2v) is 6.53. The highest BCUT2D eigenvalue weighted by Gasteiger charge is 2.24. The molecule has 2 aromatic rings. The number of morpholine rings is 1. The van der Waals surface area contributed by atoms with E-state index >= 15 is 0 Å². The molecule has 1 aromatic carbocycles. The minimum Gasteiger partial charge on any atom is -0.366 e. The van der Waals surface area contributed by atoms with E-state index < -0.39 is 0 Å². The van der Waals surface area contributed by atoms with E-state index in [1.165, 1.54) is 10.1 Å². The summed E-state index contributed by atoms with van der Waals surface area (Å²) in [6, 6.07) is 10.6. The second kappa shape index (κ2) is 7.13. The van der Waals surface area contributed by atoms with E-state index in [9.17, 15) is 4.79 Å². The van der Waals surface area contributed by atoms with Crippen molar-refractivity contribution in [2.24, 2.45) is 7.05 Å². The van der Waals surface area contributed by atoms with Crippen molar-refractivity contribution in [2.45, 2.75) is 17.8 Å². The third-order valence-electron chi connectivity index (χ3n) is 3.86. The number of hydrogen-bond acceptors (Lipinski definition) is 4. The first-order chi connectivity index (χ1) is 10.7. The first-order valence-electron chi connectivity index (χ1n) is 7.45. The van der Waals surface area contributed by atoms with Gasteiger partial charge in [0.1, 0.15) is 25.7 Å². The maximum absolute atomic E-state index is 11.3. The SMILES string of the molecule is Cn1c(SC[C@@H]2C[NH+](Cc3ccccc3)CCO2)n[nH]c1=O. The number of H-pyrrole nitrogens is 1. The number of quaternary nitrogens is 1. The van der Waals surface area contributed by atoms with Crippen molar-refractivity contribution in [3.63, 3.8) is 0 Å². The van der Waals surface area contributed by atoms with Crippen LogP contribution in [0.2, 0.25) is 0 Å². The minimum atomic E-state index is -0.177. The Kier molecular flexibility index (Phi) is 4.97. The van der Waals surface area contributed by atoms with Crippen LogP contribution in [-0.4, -0.2) is 46.3 Å². The van der Waals surface area contributed by atoms with Crippen molar-refractivity contribution in [3.8, 4) is 0 Å². The number of aromatic amines is 1. The van der Waals surface area contributed by atoms with Crippen LogP contribution < -0.4 is 10.6 Å². The summed E-state index contributed by atoms with van der Waals surface area (Å²) < 4.78 is 7.38. The van der Waals surface area contributed by atoms with Crippen LogP contribution in [0.15, 0.2) is 40.3 Å². The molecule has 1 fully saturated rings. The van der Waals surface area contributed by atoms with E-state index in [1.807, 2.05) is 6.07 Å². The van der Waals surface area contributed by atoms with E-state index in [1.54, 1.807) is 23.7 Å². The monoisotopic (exact) mass is 321 g/mol. The molecular formula is C15H21N4O2S+. The Morgan fingerprint density at radius 2 is 2.27 bits per heavy atom. The van der Waals surface area contributed by atoms with E-state index in [0.29, 0.717) is 5.16 Å². The van der Waals surface area contributed by atoms with Gasteiger partial charge in [0.05, 0.1) is 6.61 Å². The van der Waals surface area contributed by atoms with Gasteiger partial charge in [0.25, 0.3) is 0 Å². The zero-order valence-corrected chi connectivity index (χ0v) is 13.4. The van der Waals surface area contributed by atoms with Crippen LogP contribution in [0.3, 0.4) is 0 Å². The van der Waals surface area contributed by atoms with Crippen LogP contribution in [0.4, 0.5) is 0 Å². The summed E-state index contributed by atoms with van der Waals surface area (Å²) in [7, 11) is 1.73. The molecule has 7 heteroatoms. The number of aromatic nitrogens is 3. The molecule has 22 heavy (non-hydrogen) atoms. The molecule has 0 aliphatic carbocycles. The number of benzene rings is 1. The Morgan fingerprint density at radius 3 is 3.00 bits per heavy atom. The van der Waals surface area contributed by atoms with Crippen molar-refractivity contribution in [1.82, 2.24) is 14.8 Å². The van der Waals surface area contributed by atoms with E-state index in [0.717, 1.165) is 32.0 Å². The minimum absolute atomic E-state index is 0.177. The molecule has 1 unspecified atom stereocenters. The van der Waals surface area contributed by atoms with Gasteiger partial charge in [-0.25, -0.2) is 9.89 Å². The lowest BCUT2D eigenvalue weighted by Crippen LogP contribution is -3.13. The summed E-state index contributed by atoms with van der Waals surface area (Å²) in [5.41, 5.74) is 1.18. The lowest BCUT2D eigenvalue weighted by molar-refractivity contribution is -0.924. The Bertz CT molecular complexity index is 655. The summed E-state index contributed by atoms with van der Waals surface area (Å²) in [5, 5.41) is 7.18. The van der Waals surface area contributed by atoms with Gasteiger partial charge in [-0.05, 0) is 0 Å². The molecule has 0 saturated carbocycles. The molecule has 1 aliphatic heterocycles. The van der Waals surface area contributed by atoms with Crippen LogP contribution in [0.5, 0.6) is 0 Å². The predicted octanol–water partition coefficient (Wildman–Crippen LogP) is -0.316. The zero-order chi connectivity index (χ0) is 15.4. The van der Waals surface area contributed by atoms with E-state index in [-0.39, 0.29) is 11.8 Å². The summed E-state index contributed by atoms with van der Waals surface area (Å²) >= 11 is 1.57. The summed E-state index contributed by atoms with van der Waals surface area (Å²) in [4.78, 5) is 12.9. The van der Waals surface area contributed by atoms with E-state index in [4.69, 9.17) is 4.74 Å². The molecule has 3 rings (SSSR count). The van der Waals surface area contributed by atoms with Gasteiger partial charge in [0, 0.05) is 18.4 Å². The van der Waals surface area contributed by atoms with Gasteiger partial charge in [-0.15, -0.1) is 5.10 Å². The Balaban J connectivity index is 1.52. The molecule has 2 atom stereocenters. The van der Waals surface area contributed by atoms with Crippen molar-refractivity contribution < 1.29 is 9.64 Å². The quantitative estimate of drug-likeness (QED) is 0.741. The highest BCUT2D eigenvalue weighted by atomic mass is 32.2. The lowest BCUT2D eigenvalue weighted by atomic mass is 10.2. The molecule has 0 amide bonds. The van der Waals surface area contributed by atoms with Gasteiger partial charge in [0.2, 0.25) is 0 Å². The second-order valence-electron chi connectivity index (χ2n) is 5.54. The number of nitrogens with one attached hydrogen (secondary N) is 2. The topological polar surface area (TPSA) is 64.3 Å². The van der Waals surface area contributed by atoms with Gasteiger partial charge in [-0.2, -0.15) is 0 Å². The number of hydrogen-bond donors (Lipinski definition) is 2. The Hall–Kier alpha value is -1.57. The number of thioether (sulfide) groups is 1. The first-order valence-corrected chi connectivity index (χ1v) is 8.44. The Morgan fingerprint density at radius 1 is 1.45 bits per heavy atom. The van der Waals surface area contributed by atoms with Gasteiger partial charge in [-0.1, -0.05) is 42.1 Å². The highest BCUT2D eigenvalue weighted by Crippen LogP contribution is 2.14. The number of rotatable bonds is 5. The van der Waals surface area contributed by atoms with Crippen molar-refractivity contribution in [1.29, 1.82) is 0 Å². The highest BCUT2D eigenvalue weighted by molar-refractivity contribution is 7.99. The average molecular weight is 321 g/mol. The van der Waals surface area contributed by atoms with Crippen LogP contribution in [0.1, 0.15) is 5.56 Å². The summed E-state index contributed by atoms with van der Waals surface area (Å²) in [6.07, 6.45) is 0.198. The first kappa shape index (κ1) is 15.3. The van der Waals surface area contributed by atoms with Crippen molar-refractivity contribution in [2.75, 3.05) is 25.4 Å². The number of nitrogens with zero attached hydrogens (tertiary/aromatic N) is 2. The maximum atomic E-state index is 11.3. The Labute approximate surface area is 133 Å². The van der Waals surface area contributed by atoms with Crippen LogP contribution in [0, 0.1) is 0 Å². The van der Waals surface area contributed by atoms with Crippen LogP contribution in [-0.2, 0) is 18.3 Å². The molecule has 0 radical (unpaired) electrons. The fraction of sp³-hybridized carbons (Fsp3) is 0.467. The van der Waals surface area contributed by atoms with Crippen LogP contribution in [0.25, 0.3) is 0 Å². The molecule has 1 aliphatic rings. The third kappa shape index (κ3) is 3.79. The smallest absolute Gasteiger partial charge is 0.343 e. The van der Waals surface area contributed by atoms with Crippen molar-refractivity contribution in [3.05, 3.63) is 46.4 Å². The molecule has 0 spiro atoms. The van der Waals surface area contributed by atoms with Gasteiger partial charge in [-0.3, -0.25) is 4.57 Å². The molecular weight excluding hydrogens is 300 g/mol. The number of ether oxygens (including phenoxy) is 1. The van der Waals surface area contributed by atoms with Gasteiger partial charge >= 0.3 is 5.69 Å². The lowest BCUT2D eigenvalue weighted by Gasteiger charge is -2.30. The average Bonchev–Trinajstić information content (AvgIpc) is 2.86. The largest absolute Gasteiger partial charge is 0.366 e. The molecule has 0 bridgehead atoms. The maximum Gasteiger partial charge on any atom is 0.343 e. The summed E-state index contributed by atoms with van der Waals surface area (Å²) in [6.45, 7) is 3.84. The predicted molar refractivity (Wildman–Crippen MR) is 85.1 cm³/mol. The molecule has 1 aromatic heterocycles. The van der Waals surface area contributed by atoms with Gasteiger partial charge < -0.3 is 9.64 Å². The molecule has 6 nitrogen and oxygen atoms in total. The standard InChI is InChI=1S/C15H20N4O2S/c1-18-14(20)16-17-15(18)22-11-13-10-19(7-8-21-13)9-12-5-3-2-4-6-12/h2-6,13H,7-11H2,1H3,(H,16,20)/p+1/t13-/m0/s1. The van der Waals surface area contributed by atoms with Crippen LogP contribution >= 0.6 is 11.8 Å². The summed E-state index contributed by atoms with van der Waals surface area (Å²) in [5.74, 6) is 0.816. The fourth-order valence-electron chi connectivity index (χ4n) is 2.63. The van der Waals surface area contributed by atoms with Gasteiger partial charge in [0.15, 0.2) is 5.16 Å². The molecule has 118 valence electrons. The third-order valence-corrected chi connectivity index (χ3v) is 5.02.